The summed E-state index contributed by atoms with van der Waals surface area (Å²) in [6.07, 6.45) is 4.02. The third kappa shape index (κ3) is 1.40. The molecule has 0 unspecified atom stereocenters. The van der Waals surface area contributed by atoms with Gasteiger partial charge in [-0.1, -0.05) is 0 Å². The van der Waals surface area contributed by atoms with E-state index in [0.717, 1.165) is 31.7 Å². The largest absolute Gasteiger partial charge is 0.314 e. The highest BCUT2D eigenvalue weighted by Gasteiger charge is 2.34. The maximum Gasteiger partial charge on any atom is 0.133 e. The highest BCUT2D eigenvalue weighted by Crippen LogP contribution is 2.34. The average molecular weight is 167 g/mol. The van der Waals surface area contributed by atoms with Gasteiger partial charge in [0.1, 0.15) is 5.78 Å². The normalized spacial score (nSPS) is 42.4. The highest BCUT2D eigenvalue weighted by molar-refractivity contribution is 5.79. The maximum absolute atomic E-state index is 11.2. The van der Waals surface area contributed by atoms with Crippen molar-refractivity contribution >= 4 is 5.78 Å². The van der Waals surface area contributed by atoms with Crippen LogP contribution in [0.25, 0.3) is 0 Å². The average Bonchev–Trinajstić information content (AvgIpc) is 2.04. The van der Waals surface area contributed by atoms with Gasteiger partial charge in [0.05, 0.1) is 0 Å². The van der Waals surface area contributed by atoms with Crippen LogP contribution in [0.2, 0.25) is 0 Å². The molecule has 12 heavy (non-hydrogen) atoms. The summed E-state index contributed by atoms with van der Waals surface area (Å²) in [5.74, 6) is 1.96. The van der Waals surface area contributed by atoms with Crippen LogP contribution in [0.1, 0.15) is 32.6 Å². The summed E-state index contributed by atoms with van der Waals surface area (Å²) in [6, 6.07) is 0.636. The number of rotatable bonds is 0. The molecule has 0 radical (unpaired) electrons. The van der Waals surface area contributed by atoms with Gasteiger partial charge in [0.15, 0.2) is 0 Å². The van der Waals surface area contributed by atoms with Crippen molar-refractivity contribution in [3.8, 4) is 0 Å². The van der Waals surface area contributed by atoms with Gasteiger partial charge in [-0.25, -0.2) is 0 Å². The molecular weight excluding hydrogens is 150 g/mol. The van der Waals surface area contributed by atoms with E-state index < -0.39 is 0 Å². The lowest BCUT2D eigenvalue weighted by molar-refractivity contribution is -0.123. The van der Waals surface area contributed by atoms with Gasteiger partial charge in [0, 0.05) is 18.9 Å². The molecule has 1 N–H and O–H groups in total. The van der Waals surface area contributed by atoms with E-state index in [-0.39, 0.29) is 0 Å². The van der Waals surface area contributed by atoms with Crippen LogP contribution < -0.4 is 5.32 Å². The van der Waals surface area contributed by atoms with E-state index in [9.17, 15) is 4.79 Å². The number of nitrogens with one attached hydrogen (secondary N) is 1. The van der Waals surface area contributed by atoms with Crippen molar-refractivity contribution in [3.05, 3.63) is 0 Å². The summed E-state index contributed by atoms with van der Waals surface area (Å²) in [5, 5.41) is 3.48. The zero-order chi connectivity index (χ0) is 8.55. The quantitative estimate of drug-likeness (QED) is 0.590. The minimum absolute atomic E-state index is 0.491. The molecule has 1 aliphatic carbocycles. The first-order valence-corrected chi connectivity index (χ1v) is 5.02. The minimum atomic E-state index is 0.491. The zero-order valence-corrected chi connectivity index (χ0v) is 7.68. The lowest BCUT2D eigenvalue weighted by Gasteiger charge is -2.39. The Balaban J connectivity index is 2.04. The molecule has 2 heteroatoms. The Morgan fingerprint density at radius 3 is 3.08 bits per heavy atom. The predicted octanol–water partition coefficient (Wildman–Crippen LogP) is 1.35. The molecule has 0 aromatic rings. The van der Waals surface area contributed by atoms with Gasteiger partial charge in [-0.15, -0.1) is 0 Å². The van der Waals surface area contributed by atoms with Crippen molar-refractivity contribution in [2.24, 2.45) is 11.8 Å². The van der Waals surface area contributed by atoms with Crippen LogP contribution >= 0.6 is 0 Å². The fraction of sp³-hybridized carbons (Fsp3) is 0.900. The van der Waals surface area contributed by atoms with Crippen molar-refractivity contribution in [1.29, 1.82) is 0 Å². The number of hydrogen-bond donors (Lipinski definition) is 1. The molecule has 1 heterocycles. The van der Waals surface area contributed by atoms with Crippen molar-refractivity contribution in [2.45, 2.75) is 38.6 Å². The van der Waals surface area contributed by atoms with E-state index in [0.29, 0.717) is 17.7 Å². The van der Waals surface area contributed by atoms with Crippen LogP contribution in [0.4, 0.5) is 0 Å². The SMILES string of the molecule is C[C@H]1NCC[C@H]2CC(=O)CC[C@@H]21. The van der Waals surface area contributed by atoms with E-state index in [1.165, 1.54) is 6.42 Å². The van der Waals surface area contributed by atoms with Crippen LogP contribution in [0.15, 0.2) is 0 Å². The molecule has 0 amide bonds. The lowest BCUT2D eigenvalue weighted by Crippen LogP contribution is -2.46. The molecule has 2 aliphatic rings. The summed E-state index contributed by atoms with van der Waals surface area (Å²) in [5.41, 5.74) is 0. The summed E-state index contributed by atoms with van der Waals surface area (Å²) in [6.45, 7) is 3.36. The van der Waals surface area contributed by atoms with Gasteiger partial charge >= 0.3 is 0 Å². The first-order chi connectivity index (χ1) is 5.77. The monoisotopic (exact) mass is 167 g/mol. The predicted molar refractivity (Wildman–Crippen MR) is 47.9 cm³/mol. The van der Waals surface area contributed by atoms with Gasteiger partial charge in [0.25, 0.3) is 0 Å². The summed E-state index contributed by atoms with van der Waals surface area (Å²) in [4.78, 5) is 11.2. The number of hydrogen-bond acceptors (Lipinski definition) is 2. The van der Waals surface area contributed by atoms with E-state index in [2.05, 4.69) is 12.2 Å². The van der Waals surface area contributed by atoms with Gasteiger partial charge in [-0.05, 0) is 38.1 Å². The summed E-state index contributed by atoms with van der Waals surface area (Å²) >= 11 is 0. The van der Waals surface area contributed by atoms with Gasteiger partial charge in [0.2, 0.25) is 0 Å². The van der Waals surface area contributed by atoms with E-state index in [4.69, 9.17) is 0 Å². The second-order valence-corrected chi connectivity index (χ2v) is 4.24. The van der Waals surface area contributed by atoms with Crippen molar-refractivity contribution < 1.29 is 4.79 Å². The Bertz CT molecular complexity index is 190. The summed E-state index contributed by atoms with van der Waals surface area (Å²) < 4.78 is 0. The molecule has 1 aliphatic heterocycles. The van der Waals surface area contributed by atoms with Gasteiger partial charge < -0.3 is 5.32 Å². The second-order valence-electron chi connectivity index (χ2n) is 4.24. The standard InChI is InChI=1S/C10H17NO/c1-7-10-3-2-9(12)6-8(10)4-5-11-7/h7-8,10-11H,2-6H2,1H3/t7-,8+,10-/m1/s1. The van der Waals surface area contributed by atoms with Crippen LogP contribution in [0.5, 0.6) is 0 Å². The first kappa shape index (κ1) is 8.24. The topological polar surface area (TPSA) is 29.1 Å². The first-order valence-electron chi connectivity index (χ1n) is 5.02. The van der Waals surface area contributed by atoms with Gasteiger partial charge in [-0.2, -0.15) is 0 Å². The third-order valence-corrected chi connectivity index (χ3v) is 3.48. The van der Waals surface area contributed by atoms with Crippen LogP contribution in [0, 0.1) is 11.8 Å². The van der Waals surface area contributed by atoms with Crippen molar-refractivity contribution in [2.75, 3.05) is 6.54 Å². The molecular formula is C10H17NO. The molecule has 0 bridgehead atoms. The third-order valence-electron chi connectivity index (χ3n) is 3.48. The fourth-order valence-corrected chi connectivity index (χ4v) is 2.73. The number of carbonyl (C=O) groups excluding carboxylic acids is 1. The Hall–Kier alpha value is -0.370. The van der Waals surface area contributed by atoms with Crippen molar-refractivity contribution in [1.82, 2.24) is 5.32 Å². The van der Waals surface area contributed by atoms with Crippen LogP contribution in [0.3, 0.4) is 0 Å². The molecule has 2 rings (SSSR count). The van der Waals surface area contributed by atoms with Crippen LogP contribution in [-0.4, -0.2) is 18.4 Å². The van der Waals surface area contributed by atoms with Crippen LogP contribution in [-0.2, 0) is 4.79 Å². The fourth-order valence-electron chi connectivity index (χ4n) is 2.73. The Kier molecular flexibility index (Phi) is 2.18. The molecule has 0 aromatic carbocycles. The zero-order valence-electron chi connectivity index (χ0n) is 7.68. The van der Waals surface area contributed by atoms with E-state index >= 15 is 0 Å². The maximum atomic E-state index is 11.2. The summed E-state index contributed by atoms with van der Waals surface area (Å²) in [7, 11) is 0. The molecule has 2 fully saturated rings. The molecule has 0 spiro atoms. The van der Waals surface area contributed by atoms with Gasteiger partial charge in [-0.3, -0.25) is 4.79 Å². The van der Waals surface area contributed by atoms with E-state index in [1.54, 1.807) is 0 Å². The molecule has 1 saturated carbocycles. The van der Waals surface area contributed by atoms with Crippen molar-refractivity contribution in [3.63, 3.8) is 0 Å². The smallest absolute Gasteiger partial charge is 0.133 e. The number of fused-ring (bicyclic) bond motifs is 1. The number of piperidine rings is 1. The Morgan fingerprint density at radius 2 is 2.25 bits per heavy atom. The number of Topliss-reactive ketones (excluding diaryl/α,β-unsaturated/α-hetero) is 1. The number of ketones is 1. The molecule has 68 valence electrons. The molecule has 2 nitrogen and oxygen atoms in total. The lowest BCUT2D eigenvalue weighted by atomic mass is 9.72. The Morgan fingerprint density at radius 1 is 1.42 bits per heavy atom. The minimum Gasteiger partial charge on any atom is -0.314 e. The highest BCUT2D eigenvalue weighted by atomic mass is 16.1. The molecule has 1 saturated heterocycles. The molecule has 0 aromatic heterocycles. The number of carbonyl (C=O) groups is 1. The second kappa shape index (κ2) is 3.17. The molecule has 3 atom stereocenters. The Labute approximate surface area is 73.7 Å². The van der Waals surface area contributed by atoms with E-state index in [1.807, 2.05) is 0 Å².